The van der Waals surface area contributed by atoms with E-state index in [9.17, 15) is 9.59 Å². The molecule has 16 nitrogen and oxygen atoms in total. The van der Waals surface area contributed by atoms with Crippen molar-refractivity contribution in [2.24, 2.45) is 5.73 Å². The predicted octanol–water partition coefficient (Wildman–Crippen LogP) is -0.986. The van der Waals surface area contributed by atoms with Crippen molar-refractivity contribution in [1.82, 2.24) is 10.6 Å². The van der Waals surface area contributed by atoms with Crippen LogP contribution in [0, 0.1) is 12.3 Å². The van der Waals surface area contributed by atoms with Gasteiger partial charge in [-0.25, -0.2) is 0 Å². The van der Waals surface area contributed by atoms with E-state index in [2.05, 4.69) is 16.6 Å². The summed E-state index contributed by atoms with van der Waals surface area (Å²) in [6.45, 7) is 8.32. The summed E-state index contributed by atoms with van der Waals surface area (Å²) in [5.74, 6) is 2.31. The first kappa shape index (κ1) is 44.1. The summed E-state index contributed by atoms with van der Waals surface area (Å²) in [4.78, 5) is 23.6. The molecule has 0 heterocycles. The van der Waals surface area contributed by atoms with Crippen molar-refractivity contribution in [2.45, 2.75) is 6.04 Å². The average molecular weight is 702 g/mol. The van der Waals surface area contributed by atoms with E-state index in [-0.39, 0.29) is 12.5 Å². The summed E-state index contributed by atoms with van der Waals surface area (Å²) in [6.07, 6.45) is 5.18. The molecule has 0 radical (unpaired) electrons. The van der Waals surface area contributed by atoms with Gasteiger partial charge in [-0.3, -0.25) is 9.59 Å². The molecule has 0 aliphatic heterocycles. The molecule has 0 aliphatic carbocycles. The van der Waals surface area contributed by atoms with E-state index in [1.807, 2.05) is 0 Å². The van der Waals surface area contributed by atoms with Crippen LogP contribution in [-0.4, -0.2) is 168 Å². The lowest BCUT2D eigenvalue weighted by Gasteiger charge is -2.10. The first-order valence-corrected chi connectivity index (χ1v) is 16.4. The molecule has 1 atom stereocenters. The van der Waals surface area contributed by atoms with Crippen LogP contribution in [-0.2, 0) is 47.4 Å². The minimum absolute atomic E-state index is 0.146. The molecule has 1 unspecified atom stereocenters. The van der Waals surface area contributed by atoms with Gasteiger partial charge in [0.25, 0.3) is 5.91 Å². The van der Waals surface area contributed by atoms with E-state index in [4.69, 9.17) is 64.6 Å². The highest BCUT2D eigenvalue weighted by Crippen LogP contribution is 2.13. The van der Waals surface area contributed by atoms with Gasteiger partial charge in [0, 0.05) is 18.7 Å². The maximum absolute atomic E-state index is 12.2. The molecule has 0 saturated carbocycles. The molecule has 0 saturated heterocycles. The number of nitrogens with one attached hydrogen (secondary N) is 2. The van der Waals surface area contributed by atoms with Gasteiger partial charge in [0.05, 0.1) is 126 Å². The number of hydrogen-bond acceptors (Lipinski definition) is 14. The second-order valence-corrected chi connectivity index (χ2v) is 9.87. The van der Waals surface area contributed by atoms with E-state index in [0.29, 0.717) is 143 Å². The Morgan fingerprint density at radius 3 is 1.43 bits per heavy atom. The summed E-state index contributed by atoms with van der Waals surface area (Å²) in [6, 6.07) is 5.90. The minimum atomic E-state index is -0.913. The van der Waals surface area contributed by atoms with E-state index in [1.165, 1.54) is 0 Å². The van der Waals surface area contributed by atoms with Crippen LogP contribution < -0.4 is 21.1 Å². The lowest BCUT2D eigenvalue weighted by molar-refractivity contribution is -0.123. The third kappa shape index (κ3) is 27.6. The molecule has 280 valence electrons. The highest BCUT2D eigenvalue weighted by molar-refractivity contribution is 5.94. The summed E-state index contributed by atoms with van der Waals surface area (Å²) < 4.78 is 54.2. The number of aliphatic hydroxyl groups is 1. The van der Waals surface area contributed by atoms with Crippen LogP contribution in [0.5, 0.6) is 5.75 Å². The largest absolute Gasteiger partial charge is 0.481 e. The zero-order chi connectivity index (χ0) is 35.5. The van der Waals surface area contributed by atoms with Gasteiger partial charge in [0.15, 0.2) is 0 Å². The molecule has 5 N–H and O–H groups in total. The van der Waals surface area contributed by atoms with Gasteiger partial charge in [-0.2, -0.15) is 0 Å². The molecular formula is C33H55N3O13. The third-order valence-corrected chi connectivity index (χ3v) is 6.01. The Balaban J connectivity index is 1.71. The third-order valence-electron chi connectivity index (χ3n) is 6.01. The summed E-state index contributed by atoms with van der Waals surface area (Å²) in [5.41, 5.74) is 5.87. The van der Waals surface area contributed by atoms with Crippen molar-refractivity contribution in [3.63, 3.8) is 0 Å². The minimum Gasteiger partial charge on any atom is -0.481 e. The molecule has 0 spiro atoms. The SMILES string of the molecule is C#CCOc1cccc(C(=O)NCCOCCOCCOCCOCCOCCOCCOCCOCCOCCNC(=O)C(N)CO)c1. The fourth-order valence-corrected chi connectivity index (χ4v) is 3.51. The van der Waals surface area contributed by atoms with Crippen molar-refractivity contribution < 1.29 is 62.1 Å². The molecular weight excluding hydrogens is 646 g/mol. The van der Waals surface area contributed by atoms with Crippen LogP contribution in [0.1, 0.15) is 10.4 Å². The van der Waals surface area contributed by atoms with Crippen LogP contribution in [0.4, 0.5) is 0 Å². The highest BCUT2D eigenvalue weighted by atomic mass is 16.6. The van der Waals surface area contributed by atoms with E-state index in [1.54, 1.807) is 24.3 Å². The lowest BCUT2D eigenvalue weighted by Crippen LogP contribution is -2.44. The van der Waals surface area contributed by atoms with Crippen molar-refractivity contribution in [3.05, 3.63) is 29.8 Å². The Bertz CT molecular complexity index is 983. The second-order valence-electron chi connectivity index (χ2n) is 9.87. The van der Waals surface area contributed by atoms with Crippen molar-refractivity contribution in [1.29, 1.82) is 0 Å². The van der Waals surface area contributed by atoms with E-state index in [0.717, 1.165) is 0 Å². The number of carbonyl (C=O) groups excluding carboxylic acids is 2. The molecule has 0 fully saturated rings. The molecule has 49 heavy (non-hydrogen) atoms. The Kier molecular flexibility index (Phi) is 30.2. The van der Waals surface area contributed by atoms with Gasteiger partial charge in [-0.15, -0.1) is 6.42 Å². The normalized spacial score (nSPS) is 11.6. The first-order chi connectivity index (χ1) is 24.1. The van der Waals surface area contributed by atoms with Crippen molar-refractivity contribution >= 4 is 11.8 Å². The number of terminal acetylenes is 1. The monoisotopic (exact) mass is 701 g/mol. The molecule has 0 bridgehead atoms. The van der Waals surface area contributed by atoms with Crippen LogP contribution in [0.15, 0.2) is 24.3 Å². The zero-order valence-electron chi connectivity index (χ0n) is 28.4. The first-order valence-electron chi connectivity index (χ1n) is 16.4. The molecule has 0 aromatic heterocycles. The molecule has 1 aromatic carbocycles. The highest BCUT2D eigenvalue weighted by Gasteiger charge is 2.10. The Morgan fingerprint density at radius 1 is 0.653 bits per heavy atom. The van der Waals surface area contributed by atoms with Crippen LogP contribution in [0.2, 0.25) is 0 Å². The molecule has 1 rings (SSSR count). The molecule has 1 aromatic rings. The Labute approximate surface area is 289 Å². The molecule has 2 amide bonds. The van der Waals surface area contributed by atoms with Gasteiger partial charge in [-0.05, 0) is 18.2 Å². The van der Waals surface area contributed by atoms with E-state index < -0.39 is 18.6 Å². The number of ether oxygens (including phenoxy) is 10. The summed E-state index contributed by atoms with van der Waals surface area (Å²) >= 11 is 0. The molecule has 16 heteroatoms. The number of hydrogen-bond donors (Lipinski definition) is 4. The van der Waals surface area contributed by atoms with Gasteiger partial charge in [0.1, 0.15) is 18.4 Å². The number of aliphatic hydroxyl groups excluding tert-OH is 1. The number of nitrogens with two attached hydrogens (primary N) is 1. The van der Waals surface area contributed by atoms with Crippen LogP contribution >= 0.6 is 0 Å². The van der Waals surface area contributed by atoms with Crippen LogP contribution in [0.25, 0.3) is 0 Å². The van der Waals surface area contributed by atoms with Gasteiger partial charge >= 0.3 is 0 Å². The van der Waals surface area contributed by atoms with Crippen LogP contribution in [0.3, 0.4) is 0 Å². The van der Waals surface area contributed by atoms with Crippen molar-refractivity contribution in [3.8, 4) is 18.1 Å². The Morgan fingerprint density at radius 2 is 1.04 bits per heavy atom. The lowest BCUT2D eigenvalue weighted by atomic mass is 10.2. The standard InChI is InChI=1S/C33H55N3O13/c1-2-8-49-30-5-3-4-29(27-30)32(38)35-6-9-40-11-13-42-15-17-44-19-21-46-23-25-48-26-24-47-22-20-45-18-16-43-14-12-41-10-7-36-33(39)31(34)28-37/h1,3-5,27,31,37H,6-26,28,34H2,(H,35,38)(H,36,39). The smallest absolute Gasteiger partial charge is 0.251 e. The summed E-state index contributed by atoms with van der Waals surface area (Å²) in [7, 11) is 0. The van der Waals surface area contributed by atoms with Crippen molar-refractivity contribution in [2.75, 3.05) is 145 Å². The quantitative estimate of drug-likeness (QED) is 0.0498. The maximum Gasteiger partial charge on any atom is 0.251 e. The van der Waals surface area contributed by atoms with E-state index >= 15 is 0 Å². The van der Waals surface area contributed by atoms with Gasteiger partial charge in [0.2, 0.25) is 5.91 Å². The number of benzene rings is 1. The topological polar surface area (TPSA) is 197 Å². The maximum atomic E-state index is 12.2. The fourth-order valence-electron chi connectivity index (χ4n) is 3.51. The molecule has 0 aliphatic rings. The number of rotatable bonds is 35. The fraction of sp³-hybridized carbons (Fsp3) is 0.697. The predicted molar refractivity (Wildman–Crippen MR) is 179 cm³/mol. The van der Waals surface area contributed by atoms with Gasteiger partial charge < -0.3 is 68.8 Å². The number of carbonyl (C=O) groups is 2. The number of amides is 2. The summed E-state index contributed by atoms with van der Waals surface area (Å²) in [5, 5.41) is 14.1. The zero-order valence-corrected chi connectivity index (χ0v) is 28.4. The Hall–Kier alpha value is -2.92. The van der Waals surface area contributed by atoms with Gasteiger partial charge in [-0.1, -0.05) is 12.0 Å². The second kappa shape index (κ2) is 33.6. The average Bonchev–Trinajstić information content (AvgIpc) is 3.12.